The van der Waals surface area contributed by atoms with Crippen molar-refractivity contribution in [3.63, 3.8) is 0 Å². The van der Waals surface area contributed by atoms with Crippen molar-refractivity contribution in [2.24, 2.45) is 5.92 Å². The van der Waals surface area contributed by atoms with Crippen LogP contribution >= 0.6 is 0 Å². The molecule has 2 rings (SSSR count). The standard InChI is InChI=1S/C13H16N2O3/c1-15(8-7-9-5-6-9)12(16)10-3-2-4-11(14-10)13(17)18/h2-4,9H,5-8H2,1H3,(H,17,18). The van der Waals surface area contributed by atoms with E-state index in [4.69, 9.17) is 5.11 Å². The molecule has 1 aromatic heterocycles. The highest BCUT2D eigenvalue weighted by atomic mass is 16.4. The summed E-state index contributed by atoms with van der Waals surface area (Å²) >= 11 is 0. The monoisotopic (exact) mass is 248 g/mol. The van der Waals surface area contributed by atoms with Crippen LogP contribution in [0.3, 0.4) is 0 Å². The summed E-state index contributed by atoms with van der Waals surface area (Å²) in [5, 5.41) is 8.83. The van der Waals surface area contributed by atoms with E-state index in [0.29, 0.717) is 6.54 Å². The zero-order chi connectivity index (χ0) is 13.1. The van der Waals surface area contributed by atoms with Crippen LogP contribution < -0.4 is 0 Å². The van der Waals surface area contributed by atoms with E-state index in [9.17, 15) is 9.59 Å². The topological polar surface area (TPSA) is 70.5 Å². The van der Waals surface area contributed by atoms with E-state index in [1.807, 2.05) is 0 Å². The number of aromatic carboxylic acids is 1. The molecule has 0 aliphatic heterocycles. The smallest absolute Gasteiger partial charge is 0.354 e. The minimum Gasteiger partial charge on any atom is -0.477 e. The molecule has 1 aliphatic carbocycles. The normalized spacial score (nSPS) is 14.3. The van der Waals surface area contributed by atoms with Gasteiger partial charge in [-0.3, -0.25) is 4.79 Å². The fraction of sp³-hybridized carbons (Fsp3) is 0.462. The highest BCUT2D eigenvalue weighted by Gasteiger charge is 2.23. The van der Waals surface area contributed by atoms with Crippen LogP contribution in [0.2, 0.25) is 0 Å². The minimum absolute atomic E-state index is 0.101. The summed E-state index contributed by atoms with van der Waals surface area (Å²) in [5.74, 6) is -0.581. The lowest BCUT2D eigenvalue weighted by Gasteiger charge is -2.16. The molecule has 0 unspecified atom stereocenters. The number of nitrogens with zero attached hydrogens (tertiary/aromatic N) is 2. The predicted octanol–water partition coefficient (Wildman–Crippen LogP) is 1.65. The van der Waals surface area contributed by atoms with Gasteiger partial charge in [0.05, 0.1) is 0 Å². The number of hydrogen-bond donors (Lipinski definition) is 1. The molecule has 18 heavy (non-hydrogen) atoms. The minimum atomic E-state index is -1.12. The molecule has 1 aromatic rings. The fourth-order valence-electron chi connectivity index (χ4n) is 1.75. The quantitative estimate of drug-likeness (QED) is 0.860. The van der Waals surface area contributed by atoms with Crippen molar-refractivity contribution in [2.45, 2.75) is 19.3 Å². The lowest BCUT2D eigenvalue weighted by Crippen LogP contribution is -2.29. The SMILES string of the molecule is CN(CCC1CC1)C(=O)c1cccc(C(=O)O)n1. The molecule has 0 radical (unpaired) electrons. The number of carbonyl (C=O) groups is 2. The lowest BCUT2D eigenvalue weighted by molar-refractivity contribution is 0.0690. The van der Waals surface area contributed by atoms with Crippen molar-refractivity contribution in [3.8, 4) is 0 Å². The first-order valence-electron chi connectivity index (χ1n) is 6.03. The largest absolute Gasteiger partial charge is 0.477 e. The number of amides is 1. The Kier molecular flexibility index (Phi) is 3.60. The van der Waals surface area contributed by atoms with Crippen molar-refractivity contribution in [1.82, 2.24) is 9.88 Å². The summed E-state index contributed by atoms with van der Waals surface area (Å²) in [6.45, 7) is 0.697. The Morgan fingerprint density at radius 2 is 2.06 bits per heavy atom. The van der Waals surface area contributed by atoms with Crippen LogP contribution in [-0.2, 0) is 0 Å². The molecular formula is C13H16N2O3. The van der Waals surface area contributed by atoms with E-state index >= 15 is 0 Å². The molecule has 1 N–H and O–H groups in total. The third-order valence-corrected chi connectivity index (χ3v) is 3.10. The molecule has 1 heterocycles. The molecule has 1 aliphatic rings. The Bertz CT molecular complexity index is 469. The third-order valence-electron chi connectivity index (χ3n) is 3.10. The molecule has 0 saturated heterocycles. The van der Waals surface area contributed by atoms with E-state index in [-0.39, 0.29) is 17.3 Å². The van der Waals surface area contributed by atoms with Crippen molar-refractivity contribution in [1.29, 1.82) is 0 Å². The molecule has 0 atom stereocenters. The molecule has 0 spiro atoms. The van der Waals surface area contributed by atoms with Crippen LogP contribution in [0, 0.1) is 5.92 Å². The van der Waals surface area contributed by atoms with Crippen LogP contribution in [0.1, 0.15) is 40.2 Å². The van der Waals surface area contributed by atoms with Crippen LogP contribution in [-0.4, -0.2) is 40.5 Å². The molecule has 96 valence electrons. The highest BCUT2D eigenvalue weighted by molar-refractivity contribution is 5.94. The second-order valence-corrected chi connectivity index (χ2v) is 4.67. The van der Waals surface area contributed by atoms with Gasteiger partial charge in [0.2, 0.25) is 0 Å². The Morgan fingerprint density at radius 3 is 2.67 bits per heavy atom. The fourth-order valence-corrected chi connectivity index (χ4v) is 1.75. The van der Waals surface area contributed by atoms with Crippen LogP contribution in [0.4, 0.5) is 0 Å². The van der Waals surface area contributed by atoms with E-state index in [1.165, 1.54) is 18.9 Å². The molecular weight excluding hydrogens is 232 g/mol. The molecule has 0 aromatic carbocycles. The van der Waals surface area contributed by atoms with Gasteiger partial charge in [-0.25, -0.2) is 9.78 Å². The Labute approximate surface area is 105 Å². The molecule has 1 amide bonds. The van der Waals surface area contributed by atoms with Crippen molar-refractivity contribution < 1.29 is 14.7 Å². The van der Waals surface area contributed by atoms with Crippen molar-refractivity contribution in [2.75, 3.05) is 13.6 Å². The van der Waals surface area contributed by atoms with E-state index in [0.717, 1.165) is 12.3 Å². The predicted molar refractivity (Wildman–Crippen MR) is 65.5 cm³/mol. The van der Waals surface area contributed by atoms with Gasteiger partial charge in [-0.15, -0.1) is 0 Å². The Morgan fingerprint density at radius 1 is 1.39 bits per heavy atom. The van der Waals surface area contributed by atoms with E-state index in [1.54, 1.807) is 24.1 Å². The maximum atomic E-state index is 12.0. The first kappa shape index (κ1) is 12.5. The number of hydrogen-bond acceptors (Lipinski definition) is 3. The zero-order valence-electron chi connectivity index (χ0n) is 10.3. The highest BCUT2D eigenvalue weighted by Crippen LogP contribution is 2.32. The third kappa shape index (κ3) is 3.06. The number of carboxylic acids is 1. The van der Waals surface area contributed by atoms with Gasteiger partial charge >= 0.3 is 5.97 Å². The maximum absolute atomic E-state index is 12.0. The second-order valence-electron chi connectivity index (χ2n) is 4.67. The van der Waals surface area contributed by atoms with Gasteiger partial charge in [-0.1, -0.05) is 18.9 Å². The zero-order valence-corrected chi connectivity index (χ0v) is 10.3. The molecule has 0 bridgehead atoms. The van der Waals surface area contributed by atoms with Gasteiger partial charge in [0.1, 0.15) is 11.4 Å². The first-order chi connectivity index (χ1) is 8.58. The average Bonchev–Trinajstić information content (AvgIpc) is 3.19. The van der Waals surface area contributed by atoms with E-state index < -0.39 is 5.97 Å². The lowest BCUT2D eigenvalue weighted by atomic mass is 10.2. The van der Waals surface area contributed by atoms with Gasteiger partial charge in [0.15, 0.2) is 0 Å². The van der Waals surface area contributed by atoms with Gasteiger partial charge in [-0.2, -0.15) is 0 Å². The summed E-state index contributed by atoms with van der Waals surface area (Å²) in [6.07, 6.45) is 3.53. The molecule has 1 saturated carbocycles. The van der Waals surface area contributed by atoms with Gasteiger partial charge < -0.3 is 10.0 Å². The molecule has 1 fully saturated rings. The van der Waals surface area contributed by atoms with Crippen molar-refractivity contribution in [3.05, 3.63) is 29.6 Å². The number of aromatic nitrogens is 1. The average molecular weight is 248 g/mol. The number of carbonyl (C=O) groups excluding carboxylic acids is 1. The van der Waals surface area contributed by atoms with Crippen LogP contribution in [0.25, 0.3) is 0 Å². The molecule has 5 nitrogen and oxygen atoms in total. The summed E-state index contributed by atoms with van der Waals surface area (Å²) in [7, 11) is 1.72. The van der Waals surface area contributed by atoms with Crippen LogP contribution in [0.5, 0.6) is 0 Å². The second kappa shape index (κ2) is 5.16. The molecule has 5 heteroatoms. The van der Waals surface area contributed by atoms with Crippen LogP contribution in [0.15, 0.2) is 18.2 Å². The number of pyridine rings is 1. The Hall–Kier alpha value is -1.91. The van der Waals surface area contributed by atoms with Gasteiger partial charge in [0, 0.05) is 13.6 Å². The van der Waals surface area contributed by atoms with Gasteiger partial charge in [0.25, 0.3) is 5.91 Å². The summed E-state index contributed by atoms with van der Waals surface area (Å²) in [5.41, 5.74) is 0.0876. The Balaban J connectivity index is 2.02. The first-order valence-corrected chi connectivity index (χ1v) is 6.03. The van der Waals surface area contributed by atoms with E-state index in [2.05, 4.69) is 4.98 Å². The summed E-state index contributed by atoms with van der Waals surface area (Å²) < 4.78 is 0. The summed E-state index contributed by atoms with van der Waals surface area (Å²) in [6, 6.07) is 4.46. The van der Waals surface area contributed by atoms with Gasteiger partial charge in [-0.05, 0) is 24.5 Å². The maximum Gasteiger partial charge on any atom is 0.354 e. The summed E-state index contributed by atoms with van der Waals surface area (Å²) in [4.78, 5) is 28.3. The van der Waals surface area contributed by atoms with Crippen molar-refractivity contribution >= 4 is 11.9 Å². The number of carboxylic acid groups (broad SMARTS) is 1. The number of rotatable bonds is 5.